The quantitative estimate of drug-likeness (QED) is 0.739. The van der Waals surface area contributed by atoms with Gasteiger partial charge in [0.2, 0.25) is 0 Å². The molecular formula is C14H11NO3. The van der Waals surface area contributed by atoms with Crippen LogP contribution in [0.3, 0.4) is 0 Å². The van der Waals surface area contributed by atoms with Gasteiger partial charge in [-0.15, -0.1) is 0 Å². The summed E-state index contributed by atoms with van der Waals surface area (Å²) in [6.45, 7) is -0.112. The first-order chi connectivity index (χ1) is 8.75. The third-order valence-corrected chi connectivity index (χ3v) is 2.83. The number of carbonyl (C=O) groups is 1. The van der Waals surface area contributed by atoms with Crippen molar-refractivity contribution in [2.24, 2.45) is 0 Å². The number of hydrogen-bond donors (Lipinski definition) is 2. The average molecular weight is 241 g/mol. The Balaban J connectivity index is 2.21. The Morgan fingerprint density at radius 3 is 2.72 bits per heavy atom. The van der Waals surface area contributed by atoms with E-state index in [1.165, 1.54) is 0 Å². The summed E-state index contributed by atoms with van der Waals surface area (Å²) in [7, 11) is 0. The van der Waals surface area contributed by atoms with Crippen LogP contribution in [0.25, 0.3) is 21.9 Å². The van der Waals surface area contributed by atoms with E-state index in [9.17, 15) is 4.79 Å². The predicted octanol–water partition coefficient (Wildman–Crippen LogP) is 3.08. The molecule has 0 amide bonds. The molecule has 1 heterocycles. The lowest BCUT2D eigenvalue weighted by Gasteiger charge is -2.04. The number of nitrogens with one attached hydrogen (secondary N) is 1. The number of fused-ring (bicyclic) bond motifs is 3. The first-order valence-electron chi connectivity index (χ1n) is 5.61. The molecule has 1 aromatic heterocycles. The van der Waals surface area contributed by atoms with Gasteiger partial charge in [0.1, 0.15) is 17.7 Å². The second kappa shape index (κ2) is 4.07. The summed E-state index contributed by atoms with van der Waals surface area (Å²) in [5, 5.41) is 13.5. The van der Waals surface area contributed by atoms with E-state index < -0.39 is 5.97 Å². The van der Waals surface area contributed by atoms with Gasteiger partial charge in [0.05, 0.1) is 5.39 Å². The minimum Gasteiger partial charge on any atom is -0.480 e. The first kappa shape index (κ1) is 10.7. The van der Waals surface area contributed by atoms with Gasteiger partial charge in [0.15, 0.2) is 0 Å². The van der Waals surface area contributed by atoms with Gasteiger partial charge in [-0.1, -0.05) is 24.3 Å². The fraction of sp³-hybridized carbons (Fsp3) is 0.0714. The maximum Gasteiger partial charge on any atom is 0.322 e. The van der Waals surface area contributed by atoms with Crippen molar-refractivity contribution >= 4 is 33.6 Å². The maximum absolute atomic E-state index is 10.6. The van der Waals surface area contributed by atoms with E-state index in [1.54, 1.807) is 0 Å². The number of carboxylic acid groups (broad SMARTS) is 1. The van der Waals surface area contributed by atoms with E-state index in [-0.39, 0.29) is 6.54 Å². The Labute approximate surface area is 103 Å². The minimum absolute atomic E-state index is 0.112. The van der Waals surface area contributed by atoms with Crippen LogP contribution >= 0.6 is 0 Å². The number of carboxylic acids is 1. The van der Waals surface area contributed by atoms with Gasteiger partial charge in [-0.2, -0.15) is 0 Å². The number of benzene rings is 2. The molecule has 0 unspecified atom stereocenters. The van der Waals surface area contributed by atoms with Crippen LogP contribution in [0.5, 0.6) is 0 Å². The zero-order valence-electron chi connectivity index (χ0n) is 9.51. The lowest BCUT2D eigenvalue weighted by atomic mass is 10.1. The third kappa shape index (κ3) is 1.68. The molecule has 18 heavy (non-hydrogen) atoms. The highest BCUT2D eigenvalue weighted by atomic mass is 16.4. The summed E-state index contributed by atoms with van der Waals surface area (Å²) >= 11 is 0. The Hall–Kier alpha value is -2.49. The molecule has 0 spiro atoms. The number of anilines is 1. The van der Waals surface area contributed by atoms with Crippen LogP contribution in [-0.2, 0) is 4.79 Å². The molecule has 0 saturated carbocycles. The highest BCUT2D eigenvalue weighted by molar-refractivity contribution is 6.11. The van der Waals surface area contributed by atoms with Crippen molar-refractivity contribution in [2.45, 2.75) is 0 Å². The molecule has 0 saturated heterocycles. The monoisotopic (exact) mass is 241 g/mol. The van der Waals surface area contributed by atoms with Crippen LogP contribution in [0.4, 0.5) is 5.69 Å². The van der Waals surface area contributed by atoms with E-state index in [1.807, 2.05) is 42.5 Å². The van der Waals surface area contributed by atoms with Gasteiger partial charge in [0.25, 0.3) is 0 Å². The molecule has 4 nitrogen and oxygen atoms in total. The van der Waals surface area contributed by atoms with Crippen LogP contribution in [0.1, 0.15) is 0 Å². The Kier molecular flexibility index (Phi) is 2.41. The number of hydrogen-bond acceptors (Lipinski definition) is 3. The molecule has 0 radical (unpaired) electrons. The van der Waals surface area contributed by atoms with E-state index in [0.717, 1.165) is 27.6 Å². The Morgan fingerprint density at radius 1 is 1.11 bits per heavy atom. The van der Waals surface area contributed by atoms with Crippen molar-refractivity contribution in [1.82, 2.24) is 0 Å². The summed E-state index contributed by atoms with van der Waals surface area (Å²) in [6, 6.07) is 13.3. The molecule has 3 aromatic rings. The predicted molar refractivity (Wildman–Crippen MR) is 69.8 cm³/mol. The summed E-state index contributed by atoms with van der Waals surface area (Å²) in [5.41, 5.74) is 2.34. The summed E-state index contributed by atoms with van der Waals surface area (Å²) in [4.78, 5) is 10.6. The fourth-order valence-corrected chi connectivity index (χ4v) is 2.09. The SMILES string of the molecule is O=C(O)CNc1cccc2oc3ccccc3c12. The molecule has 0 bridgehead atoms. The molecule has 0 aliphatic rings. The van der Waals surface area contributed by atoms with Gasteiger partial charge >= 0.3 is 5.97 Å². The topological polar surface area (TPSA) is 62.5 Å². The third-order valence-electron chi connectivity index (χ3n) is 2.83. The van der Waals surface area contributed by atoms with Gasteiger partial charge in [-0.3, -0.25) is 4.79 Å². The first-order valence-corrected chi connectivity index (χ1v) is 5.61. The second-order valence-electron chi connectivity index (χ2n) is 4.02. The molecule has 2 N–H and O–H groups in total. The van der Waals surface area contributed by atoms with Gasteiger partial charge in [-0.25, -0.2) is 0 Å². The zero-order valence-corrected chi connectivity index (χ0v) is 9.51. The summed E-state index contributed by atoms with van der Waals surface area (Å²) in [5.74, 6) is -0.889. The van der Waals surface area contributed by atoms with Gasteiger partial charge in [-0.05, 0) is 18.2 Å². The highest BCUT2D eigenvalue weighted by Gasteiger charge is 2.10. The minimum atomic E-state index is -0.889. The Bertz CT molecular complexity index is 730. The average Bonchev–Trinajstić information content (AvgIpc) is 2.75. The number of para-hydroxylation sites is 1. The van der Waals surface area contributed by atoms with Crippen LogP contribution < -0.4 is 5.32 Å². The second-order valence-corrected chi connectivity index (χ2v) is 4.02. The lowest BCUT2D eigenvalue weighted by molar-refractivity contribution is -0.134. The summed E-state index contributed by atoms with van der Waals surface area (Å²) < 4.78 is 5.71. The lowest BCUT2D eigenvalue weighted by Crippen LogP contribution is -2.12. The van der Waals surface area contributed by atoms with Gasteiger partial charge in [0, 0.05) is 11.1 Å². The van der Waals surface area contributed by atoms with E-state index in [4.69, 9.17) is 9.52 Å². The van der Waals surface area contributed by atoms with Crippen molar-refractivity contribution < 1.29 is 14.3 Å². The van der Waals surface area contributed by atoms with E-state index >= 15 is 0 Å². The van der Waals surface area contributed by atoms with Gasteiger partial charge < -0.3 is 14.8 Å². The van der Waals surface area contributed by atoms with Crippen LogP contribution in [0.2, 0.25) is 0 Å². The molecule has 0 fully saturated rings. The number of rotatable bonds is 3. The molecular weight excluding hydrogens is 230 g/mol. The van der Waals surface area contributed by atoms with Crippen molar-refractivity contribution in [3.63, 3.8) is 0 Å². The molecule has 90 valence electrons. The van der Waals surface area contributed by atoms with E-state index in [2.05, 4.69) is 5.32 Å². The maximum atomic E-state index is 10.6. The highest BCUT2D eigenvalue weighted by Crippen LogP contribution is 2.33. The molecule has 0 aliphatic heterocycles. The van der Waals surface area contributed by atoms with Crippen LogP contribution in [0, 0.1) is 0 Å². The van der Waals surface area contributed by atoms with Crippen molar-refractivity contribution in [3.8, 4) is 0 Å². The van der Waals surface area contributed by atoms with Crippen molar-refractivity contribution in [2.75, 3.05) is 11.9 Å². The number of furan rings is 1. The number of aliphatic carboxylic acids is 1. The standard InChI is InChI=1S/C14H11NO3/c16-13(17)8-15-10-5-3-7-12-14(10)9-4-1-2-6-11(9)18-12/h1-7,15H,8H2,(H,16,17). The smallest absolute Gasteiger partial charge is 0.322 e. The largest absolute Gasteiger partial charge is 0.480 e. The molecule has 3 rings (SSSR count). The normalized spacial score (nSPS) is 10.9. The van der Waals surface area contributed by atoms with E-state index in [0.29, 0.717) is 0 Å². The fourth-order valence-electron chi connectivity index (χ4n) is 2.09. The van der Waals surface area contributed by atoms with Crippen molar-refractivity contribution in [1.29, 1.82) is 0 Å². The zero-order chi connectivity index (χ0) is 12.5. The summed E-state index contributed by atoms with van der Waals surface area (Å²) in [6.07, 6.45) is 0. The molecule has 2 aromatic carbocycles. The molecule has 4 heteroatoms. The molecule has 0 aliphatic carbocycles. The Morgan fingerprint density at radius 2 is 1.89 bits per heavy atom. The van der Waals surface area contributed by atoms with Crippen LogP contribution in [0.15, 0.2) is 46.9 Å². The van der Waals surface area contributed by atoms with Crippen molar-refractivity contribution in [3.05, 3.63) is 42.5 Å². The molecule has 0 atom stereocenters. The van der Waals surface area contributed by atoms with Crippen LogP contribution in [-0.4, -0.2) is 17.6 Å².